The fraction of sp³-hybridized carbons (Fsp3) is 0.500. The van der Waals surface area contributed by atoms with Crippen molar-refractivity contribution in [1.82, 2.24) is 9.62 Å². The van der Waals surface area contributed by atoms with Crippen LogP contribution in [-0.4, -0.2) is 44.6 Å². The largest absolute Gasteiger partial charge is 0.368 e. The van der Waals surface area contributed by atoms with E-state index in [1.807, 2.05) is 29.2 Å². The molecule has 1 amide bonds. The number of carbonyl (C=O) groups excluding carboxylic acids is 1. The van der Waals surface area contributed by atoms with Gasteiger partial charge in [-0.1, -0.05) is 24.3 Å². The van der Waals surface area contributed by atoms with Crippen LogP contribution < -0.4 is 10.5 Å². The Morgan fingerprint density at radius 2 is 2.14 bits per heavy atom. The van der Waals surface area contributed by atoms with Gasteiger partial charge in [0, 0.05) is 19.6 Å². The van der Waals surface area contributed by atoms with Gasteiger partial charge in [0.05, 0.1) is 5.75 Å². The topological polar surface area (TPSA) is 92.5 Å². The summed E-state index contributed by atoms with van der Waals surface area (Å²) in [5.74, 6) is -0.352. The lowest BCUT2D eigenvalue weighted by molar-refractivity contribution is -0.123. The lowest BCUT2D eigenvalue weighted by Crippen LogP contribution is -2.45. The van der Waals surface area contributed by atoms with Gasteiger partial charge < -0.3 is 5.73 Å². The minimum atomic E-state index is -3.21. The lowest BCUT2D eigenvalue weighted by atomic mass is 9.92. The van der Waals surface area contributed by atoms with Gasteiger partial charge in [-0.2, -0.15) is 0 Å². The van der Waals surface area contributed by atoms with Crippen LogP contribution in [0.4, 0.5) is 0 Å². The number of primary amides is 1. The maximum atomic E-state index is 11.8. The highest BCUT2D eigenvalue weighted by atomic mass is 32.2. The van der Waals surface area contributed by atoms with Gasteiger partial charge in [-0.05, 0) is 24.5 Å². The number of benzene rings is 1. The summed E-state index contributed by atoms with van der Waals surface area (Å²) >= 11 is 0. The molecule has 2 rings (SSSR count). The van der Waals surface area contributed by atoms with E-state index in [1.165, 1.54) is 0 Å². The molecule has 1 atom stereocenters. The summed E-state index contributed by atoms with van der Waals surface area (Å²) in [5.41, 5.74) is 7.59. The Kier molecular flexibility index (Phi) is 4.97. The summed E-state index contributed by atoms with van der Waals surface area (Å²) in [6.45, 7) is 3.02. The first-order valence-corrected chi connectivity index (χ1v) is 8.68. The van der Waals surface area contributed by atoms with Gasteiger partial charge in [0.1, 0.15) is 6.04 Å². The molecular formula is C14H21N3O3S. The van der Waals surface area contributed by atoms with E-state index in [9.17, 15) is 13.2 Å². The number of rotatable bonds is 6. The molecule has 0 radical (unpaired) electrons. The van der Waals surface area contributed by atoms with Crippen LogP contribution in [-0.2, 0) is 21.2 Å². The van der Waals surface area contributed by atoms with E-state index in [2.05, 4.69) is 4.72 Å². The fourth-order valence-corrected chi connectivity index (χ4v) is 3.25. The number of nitrogens with one attached hydrogen (secondary N) is 1. The van der Waals surface area contributed by atoms with Crippen LogP contribution in [0.25, 0.3) is 0 Å². The summed E-state index contributed by atoms with van der Waals surface area (Å²) in [4.78, 5) is 13.7. The van der Waals surface area contributed by atoms with Crippen molar-refractivity contribution < 1.29 is 13.2 Å². The Morgan fingerprint density at radius 1 is 1.43 bits per heavy atom. The number of sulfonamides is 1. The van der Waals surface area contributed by atoms with E-state index in [0.29, 0.717) is 13.1 Å². The Labute approximate surface area is 125 Å². The quantitative estimate of drug-likeness (QED) is 0.774. The van der Waals surface area contributed by atoms with Crippen LogP contribution in [0.2, 0.25) is 0 Å². The Hall–Kier alpha value is -1.44. The number of hydrogen-bond acceptors (Lipinski definition) is 4. The van der Waals surface area contributed by atoms with Crippen LogP contribution in [0, 0.1) is 0 Å². The number of carbonyl (C=O) groups is 1. The third-order valence-electron chi connectivity index (χ3n) is 3.75. The molecule has 21 heavy (non-hydrogen) atoms. The van der Waals surface area contributed by atoms with Crippen molar-refractivity contribution >= 4 is 15.9 Å². The lowest BCUT2D eigenvalue weighted by Gasteiger charge is -2.35. The zero-order valence-electron chi connectivity index (χ0n) is 12.1. The van der Waals surface area contributed by atoms with Crippen LogP contribution in [0.15, 0.2) is 24.3 Å². The zero-order chi connectivity index (χ0) is 15.5. The van der Waals surface area contributed by atoms with Gasteiger partial charge in [0.2, 0.25) is 15.9 Å². The Bertz CT molecular complexity index is 616. The smallest absolute Gasteiger partial charge is 0.239 e. The fourth-order valence-electron chi connectivity index (χ4n) is 2.64. The van der Waals surface area contributed by atoms with Crippen molar-refractivity contribution in [1.29, 1.82) is 0 Å². The highest BCUT2D eigenvalue weighted by Gasteiger charge is 2.30. The van der Waals surface area contributed by atoms with Gasteiger partial charge >= 0.3 is 0 Å². The van der Waals surface area contributed by atoms with Gasteiger partial charge in [-0.15, -0.1) is 0 Å². The van der Waals surface area contributed by atoms with Crippen molar-refractivity contribution in [3.05, 3.63) is 35.4 Å². The van der Waals surface area contributed by atoms with Gasteiger partial charge in [-0.3, -0.25) is 9.69 Å². The predicted molar refractivity (Wildman–Crippen MR) is 81.1 cm³/mol. The Morgan fingerprint density at radius 3 is 2.81 bits per heavy atom. The first-order chi connectivity index (χ1) is 9.94. The summed E-state index contributed by atoms with van der Waals surface area (Å²) in [5, 5.41) is 0. The summed E-state index contributed by atoms with van der Waals surface area (Å²) < 4.78 is 25.4. The van der Waals surface area contributed by atoms with E-state index in [0.717, 1.165) is 17.5 Å². The first kappa shape index (κ1) is 15.9. The van der Waals surface area contributed by atoms with Crippen LogP contribution in [0.1, 0.15) is 24.1 Å². The Balaban J connectivity index is 2.09. The van der Waals surface area contributed by atoms with Crippen molar-refractivity contribution in [3.63, 3.8) is 0 Å². The molecule has 0 fully saturated rings. The molecule has 116 valence electrons. The first-order valence-electron chi connectivity index (χ1n) is 7.03. The molecule has 0 aromatic heterocycles. The van der Waals surface area contributed by atoms with Crippen LogP contribution in [0.3, 0.4) is 0 Å². The number of nitrogens with two attached hydrogens (primary N) is 1. The minimum Gasteiger partial charge on any atom is -0.368 e. The zero-order valence-corrected chi connectivity index (χ0v) is 12.9. The van der Waals surface area contributed by atoms with Crippen LogP contribution in [0.5, 0.6) is 0 Å². The van der Waals surface area contributed by atoms with E-state index in [4.69, 9.17) is 5.73 Å². The molecule has 0 bridgehead atoms. The molecule has 1 aromatic rings. The van der Waals surface area contributed by atoms with Crippen LogP contribution >= 0.6 is 0 Å². The molecule has 0 spiro atoms. The second-order valence-electron chi connectivity index (χ2n) is 5.09. The van der Waals surface area contributed by atoms with E-state index >= 15 is 0 Å². The van der Waals surface area contributed by atoms with Crippen molar-refractivity contribution in [2.24, 2.45) is 5.73 Å². The monoisotopic (exact) mass is 311 g/mol. The third-order valence-corrected chi connectivity index (χ3v) is 5.16. The molecule has 1 unspecified atom stereocenters. The second-order valence-corrected chi connectivity index (χ2v) is 7.18. The van der Waals surface area contributed by atoms with Crippen molar-refractivity contribution in [2.45, 2.75) is 19.4 Å². The summed E-state index contributed by atoms with van der Waals surface area (Å²) in [6, 6.07) is 7.26. The molecule has 0 saturated carbocycles. The number of nitrogens with zero attached hydrogens (tertiary/aromatic N) is 1. The molecule has 1 aliphatic heterocycles. The normalized spacial score (nSPS) is 19.2. The molecule has 1 aromatic carbocycles. The second kappa shape index (κ2) is 6.55. The van der Waals surface area contributed by atoms with Crippen molar-refractivity contribution in [2.75, 3.05) is 25.4 Å². The highest BCUT2D eigenvalue weighted by molar-refractivity contribution is 7.89. The SMILES string of the molecule is CCS(=O)(=O)NCCN1CCc2ccccc2C1C(N)=O. The van der Waals surface area contributed by atoms with Gasteiger partial charge in [0.15, 0.2) is 0 Å². The number of amides is 1. The summed E-state index contributed by atoms with van der Waals surface area (Å²) in [7, 11) is -3.21. The average Bonchev–Trinajstić information content (AvgIpc) is 2.46. The minimum absolute atomic E-state index is 0.0507. The van der Waals surface area contributed by atoms with Gasteiger partial charge in [0.25, 0.3) is 0 Å². The molecule has 7 heteroatoms. The van der Waals surface area contributed by atoms with E-state index < -0.39 is 22.0 Å². The van der Waals surface area contributed by atoms with Gasteiger partial charge in [-0.25, -0.2) is 13.1 Å². The maximum Gasteiger partial charge on any atom is 0.239 e. The van der Waals surface area contributed by atoms with E-state index in [-0.39, 0.29) is 12.3 Å². The molecule has 6 nitrogen and oxygen atoms in total. The number of hydrogen-bond donors (Lipinski definition) is 2. The standard InChI is InChI=1S/C14H21N3O3S/c1-2-21(19,20)16-8-10-17-9-7-11-5-3-4-6-12(11)13(17)14(15)18/h3-6,13,16H,2,7-10H2,1H3,(H2,15,18). The molecule has 1 heterocycles. The molecule has 0 aliphatic carbocycles. The molecular weight excluding hydrogens is 290 g/mol. The third kappa shape index (κ3) is 3.81. The van der Waals surface area contributed by atoms with Crippen molar-refractivity contribution in [3.8, 4) is 0 Å². The molecule has 3 N–H and O–H groups in total. The van der Waals surface area contributed by atoms with E-state index in [1.54, 1.807) is 6.92 Å². The molecule has 1 aliphatic rings. The average molecular weight is 311 g/mol. The predicted octanol–water partition coefficient (Wildman–Crippen LogP) is 0.0104. The summed E-state index contributed by atoms with van der Waals surface area (Å²) in [6.07, 6.45) is 0.834. The molecule has 0 saturated heterocycles. The number of fused-ring (bicyclic) bond motifs is 1. The highest BCUT2D eigenvalue weighted by Crippen LogP contribution is 2.28. The maximum absolute atomic E-state index is 11.8.